The van der Waals surface area contributed by atoms with Gasteiger partial charge in [-0.2, -0.15) is 5.26 Å². The molecule has 0 spiro atoms. The number of carbonyl (C=O) groups excluding carboxylic acids is 1. The molecule has 1 aliphatic carbocycles. The van der Waals surface area contributed by atoms with Gasteiger partial charge in [0.1, 0.15) is 5.41 Å². The second kappa shape index (κ2) is 6.02. The zero-order valence-electron chi connectivity index (χ0n) is 10.8. The molecule has 0 heterocycles. The average Bonchev–Trinajstić information content (AvgIpc) is 2.28. The van der Waals surface area contributed by atoms with Crippen molar-refractivity contribution in [3.63, 3.8) is 0 Å². The zero-order valence-corrected chi connectivity index (χ0v) is 10.8. The summed E-state index contributed by atoms with van der Waals surface area (Å²) in [6, 6.07) is 2.32. The Morgan fingerprint density at radius 1 is 1.47 bits per heavy atom. The summed E-state index contributed by atoms with van der Waals surface area (Å²) in [5, 5.41) is 18.3. The van der Waals surface area contributed by atoms with Crippen molar-refractivity contribution in [2.75, 3.05) is 13.2 Å². The monoisotopic (exact) mass is 238 g/mol. The van der Waals surface area contributed by atoms with Crippen molar-refractivity contribution >= 4 is 5.91 Å². The lowest BCUT2D eigenvalue weighted by Gasteiger charge is -2.41. The number of amides is 1. The maximum absolute atomic E-state index is 12.4. The highest BCUT2D eigenvalue weighted by atomic mass is 16.3. The van der Waals surface area contributed by atoms with Gasteiger partial charge in [-0.3, -0.25) is 4.79 Å². The van der Waals surface area contributed by atoms with E-state index in [0.717, 1.165) is 19.3 Å². The molecule has 0 unspecified atom stereocenters. The number of aliphatic hydroxyl groups is 1. The normalized spacial score (nSPS) is 17.4. The van der Waals surface area contributed by atoms with Crippen LogP contribution in [0.25, 0.3) is 0 Å². The second-order valence-electron chi connectivity index (χ2n) is 4.74. The largest absolute Gasteiger partial charge is 0.395 e. The first-order valence-electron chi connectivity index (χ1n) is 6.48. The zero-order chi connectivity index (χ0) is 12.9. The molecule has 0 radical (unpaired) electrons. The van der Waals surface area contributed by atoms with Gasteiger partial charge in [-0.15, -0.1) is 0 Å². The van der Waals surface area contributed by atoms with Gasteiger partial charge in [0.05, 0.1) is 12.7 Å². The van der Waals surface area contributed by atoms with E-state index in [1.165, 1.54) is 0 Å². The summed E-state index contributed by atoms with van der Waals surface area (Å²) in [4.78, 5) is 14.1. The molecule has 0 atom stereocenters. The van der Waals surface area contributed by atoms with E-state index in [2.05, 4.69) is 6.07 Å². The van der Waals surface area contributed by atoms with Gasteiger partial charge < -0.3 is 10.0 Å². The predicted molar refractivity (Wildman–Crippen MR) is 65.1 cm³/mol. The van der Waals surface area contributed by atoms with E-state index in [0.29, 0.717) is 19.4 Å². The minimum absolute atomic E-state index is 0.0379. The molecule has 0 aromatic rings. The smallest absolute Gasteiger partial charge is 0.243 e. The number of hydrogen-bond donors (Lipinski definition) is 1. The maximum Gasteiger partial charge on any atom is 0.243 e. The lowest BCUT2D eigenvalue weighted by Crippen LogP contribution is -2.51. The molecular formula is C13H22N2O2. The van der Waals surface area contributed by atoms with Gasteiger partial charge in [0.15, 0.2) is 0 Å². The van der Waals surface area contributed by atoms with Crippen LogP contribution in [0.2, 0.25) is 0 Å². The van der Waals surface area contributed by atoms with Gasteiger partial charge in [0.2, 0.25) is 5.91 Å². The van der Waals surface area contributed by atoms with Crippen LogP contribution >= 0.6 is 0 Å². The molecule has 1 fully saturated rings. The Kier molecular flexibility index (Phi) is 4.95. The van der Waals surface area contributed by atoms with Crippen LogP contribution in [0.5, 0.6) is 0 Å². The van der Waals surface area contributed by atoms with Crippen LogP contribution in [0.1, 0.15) is 46.0 Å². The highest BCUT2D eigenvalue weighted by Crippen LogP contribution is 2.42. The molecule has 0 aromatic carbocycles. The number of rotatable bonds is 6. The van der Waals surface area contributed by atoms with E-state index < -0.39 is 5.41 Å². The molecule has 4 nitrogen and oxygen atoms in total. The molecule has 0 bridgehead atoms. The lowest BCUT2D eigenvalue weighted by molar-refractivity contribution is -0.146. The van der Waals surface area contributed by atoms with Crippen LogP contribution in [-0.2, 0) is 4.79 Å². The summed E-state index contributed by atoms with van der Waals surface area (Å²) in [5.74, 6) is -0.0750. The second-order valence-corrected chi connectivity index (χ2v) is 4.74. The SMILES string of the molecule is CCC(CC)N(CCO)C(=O)C1(C#N)CCC1. The highest BCUT2D eigenvalue weighted by molar-refractivity contribution is 5.86. The van der Waals surface area contributed by atoms with Gasteiger partial charge >= 0.3 is 0 Å². The lowest BCUT2D eigenvalue weighted by atomic mass is 9.68. The summed E-state index contributed by atoms with van der Waals surface area (Å²) in [6.07, 6.45) is 4.03. The third kappa shape index (κ3) is 2.61. The van der Waals surface area contributed by atoms with Gasteiger partial charge in [-0.1, -0.05) is 13.8 Å². The van der Waals surface area contributed by atoms with Gasteiger partial charge in [0.25, 0.3) is 0 Å². The summed E-state index contributed by atoms with van der Waals surface area (Å²) in [7, 11) is 0. The van der Waals surface area contributed by atoms with Crippen molar-refractivity contribution in [3.8, 4) is 6.07 Å². The molecule has 96 valence electrons. The Morgan fingerprint density at radius 3 is 2.35 bits per heavy atom. The molecule has 1 saturated carbocycles. The first-order chi connectivity index (χ1) is 8.15. The molecule has 1 aliphatic rings. The predicted octanol–water partition coefficient (Wildman–Crippen LogP) is 1.69. The van der Waals surface area contributed by atoms with Crippen molar-refractivity contribution in [2.45, 2.75) is 52.0 Å². The third-order valence-electron chi connectivity index (χ3n) is 3.82. The topological polar surface area (TPSA) is 64.3 Å². The Balaban J connectivity index is 2.83. The van der Waals surface area contributed by atoms with Gasteiger partial charge in [0, 0.05) is 12.6 Å². The third-order valence-corrected chi connectivity index (χ3v) is 3.82. The van der Waals surface area contributed by atoms with Crippen molar-refractivity contribution in [3.05, 3.63) is 0 Å². The number of nitriles is 1. The van der Waals surface area contributed by atoms with Crippen molar-refractivity contribution in [2.24, 2.45) is 5.41 Å². The summed E-state index contributed by atoms with van der Waals surface area (Å²) in [5.41, 5.74) is -0.794. The van der Waals surface area contributed by atoms with Crippen LogP contribution in [0, 0.1) is 16.7 Å². The van der Waals surface area contributed by atoms with Crippen LogP contribution in [0.3, 0.4) is 0 Å². The molecule has 0 saturated heterocycles. The molecule has 4 heteroatoms. The molecule has 1 N–H and O–H groups in total. The minimum Gasteiger partial charge on any atom is -0.395 e. The molecule has 17 heavy (non-hydrogen) atoms. The summed E-state index contributed by atoms with van der Waals surface area (Å²) in [6.45, 7) is 4.37. The number of hydrogen-bond acceptors (Lipinski definition) is 3. The van der Waals surface area contributed by atoms with Crippen LogP contribution in [0.4, 0.5) is 0 Å². The first kappa shape index (κ1) is 14.0. The van der Waals surface area contributed by atoms with E-state index in [9.17, 15) is 10.1 Å². The van der Waals surface area contributed by atoms with Crippen molar-refractivity contribution < 1.29 is 9.90 Å². The molecule has 0 aliphatic heterocycles. The fraction of sp³-hybridized carbons (Fsp3) is 0.846. The first-order valence-corrected chi connectivity index (χ1v) is 6.48. The van der Waals surface area contributed by atoms with Gasteiger partial charge in [-0.05, 0) is 32.1 Å². The van der Waals surface area contributed by atoms with E-state index in [4.69, 9.17) is 5.11 Å². The Morgan fingerprint density at radius 2 is 2.06 bits per heavy atom. The molecular weight excluding hydrogens is 216 g/mol. The summed E-state index contributed by atoms with van der Waals surface area (Å²) < 4.78 is 0. The van der Waals surface area contributed by atoms with E-state index in [-0.39, 0.29) is 18.6 Å². The Hall–Kier alpha value is -1.08. The summed E-state index contributed by atoms with van der Waals surface area (Å²) >= 11 is 0. The maximum atomic E-state index is 12.4. The highest BCUT2D eigenvalue weighted by Gasteiger charge is 2.47. The Labute approximate surface area is 103 Å². The van der Waals surface area contributed by atoms with Crippen molar-refractivity contribution in [1.82, 2.24) is 4.90 Å². The van der Waals surface area contributed by atoms with Crippen LogP contribution < -0.4 is 0 Å². The minimum atomic E-state index is -0.794. The average molecular weight is 238 g/mol. The quantitative estimate of drug-likeness (QED) is 0.766. The van der Waals surface area contributed by atoms with Crippen LogP contribution in [0.15, 0.2) is 0 Å². The standard InChI is InChI=1S/C13H22N2O2/c1-3-11(4-2)15(8-9-16)12(17)13(10-14)6-5-7-13/h11,16H,3-9H2,1-2H3. The van der Waals surface area contributed by atoms with Crippen molar-refractivity contribution in [1.29, 1.82) is 5.26 Å². The van der Waals surface area contributed by atoms with E-state index in [1.54, 1.807) is 4.90 Å². The fourth-order valence-corrected chi connectivity index (χ4v) is 2.47. The number of aliphatic hydroxyl groups excluding tert-OH is 1. The van der Waals surface area contributed by atoms with E-state index >= 15 is 0 Å². The number of carbonyl (C=O) groups is 1. The van der Waals surface area contributed by atoms with E-state index in [1.807, 2.05) is 13.8 Å². The Bertz CT molecular complexity index is 301. The molecule has 1 amide bonds. The van der Waals surface area contributed by atoms with Crippen LogP contribution in [-0.4, -0.2) is 35.1 Å². The molecule has 0 aromatic heterocycles. The fourth-order valence-electron chi connectivity index (χ4n) is 2.47. The molecule has 1 rings (SSSR count). The number of nitrogens with zero attached hydrogens (tertiary/aromatic N) is 2. The van der Waals surface area contributed by atoms with Gasteiger partial charge in [-0.25, -0.2) is 0 Å².